The predicted molar refractivity (Wildman–Crippen MR) is 618 cm³/mol. The van der Waals surface area contributed by atoms with Gasteiger partial charge in [-0.15, -0.1) is 186 Å². The van der Waals surface area contributed by atoms with E-state index in [0.29, 0.717) is 213 Å². The first kappa shape index (κ1) is 125. The van der Waals surface area contributed by atoms with Crippen LogP contribution in [-0.4, -0.2) is 253 Å². The highest BCUT2D eigenvalue weighted by Gasteiger charge is 2.49. The molecule has 8 aromatic carbocycles. The van der Waals surface area contributed by atoms with E-state index >= 15 is 0 Å². The fourth-order valence-corrected chi connectivity index (χ4v) is 17.0. The van der Waals surface area contributed by atoms with E-state index in [2.05, 4.69) is 187 Å². The van der Waals surface area contributed by atoms with Gasteiger partial charge >= 0.3 is 42.7 Å². The summed E-state index contributed by atoms with van der Waals surface area (Å²) in [5.41, 5.74) is 25.4. The number of benzene rings is 8. The lowest BCUT2D eigenvalue weighted by Gasteiger charge is -2.42. The summed E-state index contributed by atoms with van der Waals surface area (Å²) in [5.74, 6) is 8.91. The van der Waals surface area contributed by atoms with Crippen molar-refractivity contribution in [1.29, 1.82) is 0 Å². The molecule has 6 saturated heterocycles. The molecule has 6 fully saturated rings. The maximum atomic E-state index is 6.48. The van der Waals surface area contributed by atoms with E-state index in [1.54, 1.807) is 0 Å². The highest BCUT2D eigenvalue weighted by molar-refractivity contribution is 6.64. The summed E-state index contributed by atoms with van der Waals surface area (Å²) in [7, 11) is -3.13. The molecule has 0 aliphatic carbocycles. The van der Waals surface area contributed by atoms with Gasteiger partial charge in [-0.2, -0.15) is 0 Å². The van der Waals surface area contributed by atoms with Gasteiger partial charge in [0, 0.05) is 211 Å². The van der Waals surface area contributed by atoms with E-state index < -0.39 is 59.0 Å². The summed E-state index contributed by atoms with van der Waals surface area (Å²) in [5, 5.41) is 0. The van der Waals surface area contributed by atoms with E-state index in [1.165, 1.54) is 66.8 Å². The first-order valence-electron chi connectivity index (χ1n) is 48.1. The predicted octanol–water partition coefficient (Wildman–Crippen LogP) is 20.6. The second-order valence-electron chi connectivity index (χ2n) is 33.9. The normalized spacial score (nSPS) is 18.6. The van der Waals surface area contributed by atoms with Gasteiger partial charge < -0.3 is 55.9 Å². The van der Waals surface area contributed by atoms with Gasteiger partial charge in [-0.1, -0.05) is 187 Å². The number of aliphatic imine (C=N–C) groups is 6. The minimum atomic E-state index is -0.521. The van der Waals surface area contributed by atoms with Crippen LogP contribution in [-0.2, 0) is 134 Å². The Morgan fingerprint density at radius 3 is 0.378 bits per heavy atom. The average Bonchev–Trinajstić information content (AvgIpc) is 0.766. The second kappa shape index (κ2) is 70.5. The molecule has 0 aromatic heterocycles. The van der Waals surface area contributed by atoms with Crippen molar-refractivity contribution in [2.75, 3.05) is 173 Å². The van der Waals surface area contributed by atoms with Crippen LogP contribution in [0.5, 0.6) is 0 Å². The molecular weight excluding hydrogens is 2150 g/mol. The smallest absolute Gasteiger partial charge is 0.406 e. The molecule has 27 bridgehead atoms. The van der Waals surface area contributed by atoms with Gasteiger partial charge in [0.05, 0.1) is 55.5 Å². The largest absolute Gasteiger partial charge is 0.493 e. The number of rotatable bonds is 14. The molecule has 45 aliphatic heterocycles. The molecule has 0 amide bonds. The Balaban J connectivity index is 0.000000685. The molecule has 40 heteroatoms. The van der Waals surface area contributed by atoms with Gasteiger partial charge in [-0.25, -0.2) is 0 Å². The van der Waals surface area contributed by atoms with E-state index in [-0.39, 0.29) is 0 Å². The van der Waals surface area contributed by atoms with Gasteiger partial charge in [0.1, 0.15) is 0 Å². The zero-order valence-electron chi connectivity index (χ0n) is 82.2. The topological polar surface area (TPSA) is 185 Å². The Labute approximate surface area is 930 Å². The lowest BCUT2D eigenvalue weighted by molar-refractivity contribution is -0.0789. The van der Waals surface area contributed by atoms with E-state index in [9.17, 15) is 0 Å². The van der Waals surface area contributed by atoms with E-state index in [4.69, 9.17) is 271 Å². The average molecular weight is 2270 g/mol. The molecule has 18 nitrogen and oxygen atoms in total. The zero-order valence-corrected chi connectivity index (χ0v) is 94.3. The SMILES string of the molecule is CCc1c2c(CC)c3c(CC)c1CN=Cc1ccc(cc1)B1OCC4(CO1)COB(OC4)c1ccc(cc1)C=NCc1c(CC)c(c(CC)c(c1CC)CN=Cc1ccc(cc1)B1OCC4(COB(OC4)c4ccc(cc4)C=NC3)CO1)CN=Cc1ccc(cc1)B1OCC3(COB(OC3)c3ccc(cc3)C=NC2)CO1.ClCCCl.ClCCCl.ClCCCl.ClCCCl.ClCCCl.ClCCCl.ClCCCl.ClCCCl. The third-order valence-corrected chi connectivity index (χ3v) is 28.3. The van der Waals surface area contributed by atoms with Crippen molar-refractivity contribution in [2.45, 2.75) is 119 Å². The van der Waals surface area contributed by atoms with Crippen molar-refractivity contribution in [3.05, 3.63) is 246 Å². The molecule has 143 heavy (non-hydrogen) atoms. The molecule has 0 saturated carbocycles. The van der Waals surface area contributed by atoms with Gasteiger partial charge in [0.25, 0.3) is 0 Å². The van der Waals surface area contributed by atoms with E-state index in [0.717, 1.165) is 105 Å². The summed E-state index contributed by atoms with van der Waals surface area (Å²) >= 11 is 80.9. The first-order valence-corrected chi connectivity index (χ1v) is 56.7. The summed E-state index contributed by atoms with van der Waals surface area (Å²) in [6.45, 7) is 21.8. The van der Waals surface area contributed by atoms with Gasteiger partial charge in [0.2, 0.25) is 0 Å². The van der Waals surface area contributed by atoms with Crippen LogP contribution in [0.25, 0.3) is 0 Å². The third kappa shape index (κ3) is 39.1. The number of nitrogens with zero attached hydrogens (tertiary/aromatic N) is 6. The van der Waals surface area contributed by atoms with Gasteiger partial charge in [0.15, 0.2) is 0 Å². The zero-order chi connectivity index (χ0) is 103. The summed E-state index contributed by atoms with van der Waals surface area (Å²) in [6, 6.07) is 49.9. The first-order chi connectivity index (χ1) is 69.8. The van der Waals surface area contributed by atoms with Crippen LogP contribution in [0.3, 0.4) is 0 Å². The molecule has 3 spiro atoms. The Morgan fingerprint density at radius 1 is 0.182 bits per heavy atom. The highest BCUT2D eigenvalue weighted by Crippen LogP contribution is 2.37. The number of hydrogen-bond donors (Lipinski definition) is 0. The van der Waals surface area contributed by atoms with Crippen molar-refractivity contribution in [3.63, 3.8) is 0 Å². The van der Waals surface area contributed by atoms with Crippen molar-refractivity contribution in [2.24, 2.45) is 46.2 Å². The third-order valence-electron chi connectivity index (χ3n) is 23.7. The van der Waals surface area contributed by atoms with Crippen LogP contribution in [0.1, 0.15) is 142 Å². The Morgan fingerprint density at radius 2 is 0.287 bits per heavy atom. The second-order valence-corrected chi connectivity index (χ2v) is 40.0. The molecule has 53 rings (SSSR count). The molecule has 0 unspecified atom stereocenters. The van der Waals surface area contributed by atoms with Crippen LogP contribution in [0, 0.1) is 16.2 Å². The van der Waals surface area contributed by atoms with Gasteiger partial charge in [-0.3, -0.25) is 30.0 Å². The van der Waals surface area contributed by atoms with Crippen molar-refractivity contribution in [3.8, 4) is 0 Å². The minimum Gasteiger partial charge on any atom is -0.406 e. The number of hydrogen-bond acceptors (Lipinski definition) is 18. The summed E-state index contributed by atoms with van der Waals surface area (Å²) in [6.07, 6.45) is 16.8. The molecule has 772 valence electrons. The standard InChI is InChI=1S/C87H96B6N6O12.8C2H4Cl2/c1-7-73-79-43-94-37-61-13-25-67(26-14-61)88-100-49-85(50-101-88)53-106-91(107-54-85)70-31-19-64(20-32-70)40-97-46-82-76(10-4)83-47-98-41-65-21-33-71(34-22-65)92-108-55-86(56-109-92)51-102-89(103-52-86)68-27-15-62(16-28-68)38-95-44-80(73)75(9-3)81(74(79)8-2)45-96-39-63-17-29-69(30-18-63)90-104-57-87(58-105-90)59-110-93(111-60-87)72-35-23-66(24-36-72)42-99-48-84(77(82)11-5)78(83)12-6;8*3-1-2-4/h13-42H,7-12,43-60H2,1-6H3;8*1-2H2. The maximum Gasteiger partial charge on any atom is 0.493 e. The van der Waals surface area contributed by atoms with Crippen LogP contribution in [0.4, 0.5) is 0 Å². The lowest BCUT2D eigenvalue weighted by atomic mass is 9.72. The van der Waals surface area contributed by atoms with E-state index in [1.807, 2.05) is 37.3 Å². The molecule has 0 radical (unpaired) electrons. The highest BCUT2D eigenvalue weighted by atomic mass is 35.5. The Kier molecular flexibility index (Phi) is 61.4. The Bertz CT molecular complexity index is 4230. The fourth-order valence-electron chi connectivity index (χ4n) is 17.0. The van der Waals surface area contributed by atoms with Crippen LogP contribution < -0.4 is 32.8 Å². The number of halogens is 16. The summed E-state index contributed by atoms with van der Waals surface area (Å²) in [4.78, 5) is 31.3. The van der Waals surface area contributed by atoms with Crippen molar-refractivity contribution in [1.82, 2.24) is 0 Å². The molecular formula is C103H128B6Cl16N6O12. The molecule has 45 aliphatic rings. The van der Waals surface area contributed by atoms with Crippen LogP contribution >= 0.6 is 186 Å². The number of alkyl halides is 16. The Hall–Kier alpha value is -3.67. The monoisotopic (exact) mass is 2270 g/mol. The van der Waals surface area contributed by atoms with Crippen LogP contribution in [0.15, 0.2) is 176 Å². The maximum absolute atomic E-state index is 6.48. The molecule has 8 aromatic rings. The van der Waals surface area contributed by atoms with Crippen molar-refractivity contribution >= 4 is 298 Å². The fraction of sp³-hybridized carbons (Fsp3) is 0.476. The quantitative estimate of drug-likeness (QED) is 0.0742. The molecule has 0 N–H and O–H groups in total. The minimum absolute atomic E-state index is 0.433. The lowest BCUT2D eigenvalue weighted by Crippen LogP contribution is -2.58. The van der Waals surface area contributed by atoms with Crippen molar-refractivity contribution < 1.29 is 55.9 Å². The van der Waals surface area contributed by atoms with Gasteiger partial charge in [-0.05, 0) is 171 Å². The summed E-state index contributed by atoms with van der Waals surface area (Å²) < 4.78 is 77.8. The van der Waals surface area contributed by atoms with Crippen LogP contribution in [0.2, 0.25) is 0 Å². The molecule has 45 heterocycles. The molecule has 0 atom stereocenters.